The Kier molecular flexibility index (Phi) is 12.0. The van der Waals surface area contributed by atoms with Crippen molar-refractivity contribution in [1.29, 1.82) is 5.26 Å². The Morgan fingerprint density at radius 1 is 1.05 bits per heavy atom. The molecule has 16 heteroatoms. The van der Waals surface area contributed by atoms with Gasteiger partial charge in [0.2, 0.25) is 0 Å². The van der Waals surface area contributed by atoms with Crippen LogP contribution in [0, 0.1) is 17.2 Å². The van der Waals surface area contributed by atoms with E-state index in [1.165, 1.54) is 0 Å². The maximum Gasteiger partial charge on any atom is 0.490 e. The molecule has 1 spiro atoms. The molecule has 1 atom stereocenters. The SMILES string of the molecule is CN1CCC(COCc2ccncc2)CC12CN(C(=O)c1cccc(C#N)c1)C2.O=C(O)C(F)(F)F.O=C(O)C(F)(F)F. The molecular weight excluding hydrogens is 590 g/mol. The lowest BCUT2D eigenvalue weighted by atomic mass is 9.75. The number of halogens is 6. The van der Waals surface area contributed by atoms with Crippen molar-refractivity contribution < 1.29 is 55.7 Å². The lowest BCUT2D eigenvalue weighted by Gasteiger charge is -2.58. The van der Waals surface area contributed by atoms with Crippen LogP contribution < -0.4 is 0 Å². The molecule has 0 bridgehead atoms. The zero-order valence-electron chi connectivity index (χ0n) is 22.7. The number of aliphatic carboxylic acids is 2. The molecule has 234 valence electrons. The molecule has 0 saturated carbocycles. The third-order valence-corrected chi connectivity index (χ3v) is 6.70. The largest absolute Gasteiger partial charge is 0.490 e. The van der Waals surface area contributed by atoms with Crippen LogP contribution in [0.1, 0.15) is 34.3 Å². The molecule has 1 unspecified atom stereocenters. The van der Waals surface area contributed by atoms with Gasteiger partial charge in [-0.2, -0.15) is 31.6 Å². The number of carbonyl (C=O) groups is 3. The normalized spacial score (nSPS) is 17.7. The Hall–Kier alpha value is -4.23. The highest BCUT2D eigenvalue weighted by atomic mass is 19.4. The molecule has 1 aromatic heterocycles. The summed E-state index contributed by atoms with van der Waals surface area (Å²) in [5.74, 6) is -5.00. The van der Waals surface area contributed by atoms with E-state index in [1.807, 2.05) is 17.0 Å². The number of carbonyl (C=O) groups excluding carboxylic acids is 1. The van der Waals surface area contributed by atoms with Crippen molar-refractivity contribution in [2.75, 3.05) is 33.3 Å². The van der Waals surface area contributed by atoms with E-state index in [0.717, 1.165) is 44.6 Å². The second-order valence-electron chi connectivity index (χ2n) is 9.83. The van der Waals surface area contributed by atoms with Crippen molar-refractivity contribution in [2.24, 2.45) is 5.92 Å². The number of hydrogen-bond donors (Lipinski definition) is 2. The number of likely N-dealkylation sites (N-methyl/N-ethyl adjacent to an activating group) is 1. The van der Waals surface area contributed by atoms with Crippen LogP contribution in [0.4, 0.5) is 26.3 Å². The van der Waals surface area contributed by atoms with Crippen LogP contribution in [0.25, 0.3) is 0 Å². The minimum atomic E-state index is -5.08. The zero-order valence-corrected chi connectivity index (χ0v) is 22.7. The van der Waals surface area contributed by atoms with Gasteiger partial charge in [-0.25, -0.2) is 9.59 Å². The van der Waals surface area contributed by atoms with Gasteiger partial charge in [0.1, 0.15) is 0 Å². The van der Waals surface area contributed by atoms with Crippen LogP contribution in [-0.2, 0) is 20.9 Å². The number of amides is 1. The summed E-state index contributed by atoms with van der Waals surface area (Å²) in [6.45, 7) is 3.85. The summed E-state index contributed by atoms with van der Waals surface area (Å²) in [4.78, 5) is 38.9. The number of nitrogens with zero attached hydrogens (tertiary/aromatic N) is 4. The van der Waals surface area contributed by atoms with Crippen LogP contribution >= 0.6 is 0 Å². The average Bonchev–Trinajstić information content (AvgIpc) is 2.92. The Balaban J connectivity index is 0.000000384. The quantitative estimate of drug-likeness (QED) is 0.476. The first-order valence-electron chi connectivity index (χ1n) is 12.6. The van der Waals surface area contributed by atoms with Crippen molar-refractivity contribution in [3.8, 4) is 6.07 Å². The maximum absolute atomic E-state index is 12.8. The molecule has 43 heavy (non-hydrogen) atoms. The van der Waals surface area contributed by atoms with Gasteiger partial charge in [-0.1, -0.05) is 6.07 Å². The van der Waals surface area contributed by atoms with E-state index in [0.29, 0.717) is 23.7 Å². The Labute approximate surface area is 242 Å². The molecule has 2 aliphatic rings. The summed E-state index contributed by atoms with van der Waals surface area (Å²) in [7, 11) is 2.16. The highest BCUT2D eigenvalue weighted by Crippen LogP contribution is 2.39. The van der Waals surface area contributed by atoms with Gasteiger partial charge in [0, 0.05) is 37.7 Å². The summed E-state index contributed by atoms with van der Waals surface area (Å²) in [6, 6.07) is 13.0. The van der Waals surface area contributed by atoms with E-state index >= 15 is 0 Å². The molecule has 0 aliphatic carbocycles. The standard InChI is InChI=1S/C23H26N4O2.2C2HF3O2/c1-26-10-7-20(15-29-14-18-5-8-25-9-6-18)12-23(26)16-27(17-23)22(28)21-4-2-3-19(11-21)13-24;2*3-2(4,5)1(6)7/h2-6,8-9,11,20H,7,10,12,14-17H2,1H3;2*(H,6,7). The summed E-state index contributed by atoms with van der Waals surface area (Å²) < 4.78 is 69.4. The number of pyridine rings is 1. The first-order chi connectivity index (χ1) is 20.0. The van der Waals surface area contributed by atoms with Gasteiger partial charge in [-0.15, -0.1) is 0 Å². The monoisotopic (exact) mass is 618 g/mol. The lowest BCUT2D eigenvalue weighted by Crippen LogP contribution is -2.72. The molecule has 10 nitrogen and oxygen atoms in total. The van der Waals surface area contributed by atoms with Crippen molar-refractivity contribution >= 4 is 17.8 Å². The molecule has 1 aromatic carbocycles. The molecule has 0 radical (unpaired) electrons. The van der Waals surface area contributed by atoms with E-state index in [-0.39, 0.29) is 11.4 Å². The first kappa shape index (κ1) is 35.0. The molecule has 2 aliphatic heterocycles. The van der Waals surface area contributed by atoms with Crippen LogP contribution in [-0.4, -0.2) is 94.0 Å². The van der Waals surface area contributed by atoms with Gasteiger partial charge < -0.3 is 19.8 Å². The van der Waals surface area contributed by atoms with Crippen LogP contribution in [0.3, 0.4) is 0 Å². The van der Waals surface area contributed by atoms with Crippen molar-refractivity contribution in [1.82, 2.24) is 14.8 Å². The minimum absolute atomic E-state index is 0.0113. The number of hydrogen-bond acceptors (Lipinski definition) is 7. The van der Waals surface area contributed by atoms with Crippen LogP contribution in [0.5, 0.6) is 0 Å². The van der Waals surface area contributed by atoms with Crippen LogP contribution in [0.15, 0.2) is 48.8 Å². The fourth-order valence-corrected chi connectivity index (χ4v) is 4.46. The molecule has 2 N–H and O–H groups in total. The number of rotatable bonds is 5. The van der Waals surface area contributed by atoms with E-state index in [2.05, 4.69) is 23.0 Å². The molecule has 2 saturated heterocycles. The number of aromatic nitrogens is 1. The van der Waals surface area contributed by atoms with E-state index < -0.39 is 24.3 Å². The fraction of sp³-hybridized carbons (Fsp3) is 0.444. The van der Waals surface area contributed by atoms with Gasteiger partial charge in [-0.05, 0) is 68.2 Å². The summed E-state index contributed by atoms with van der Waals surface area (Å²) in [6.07, 6.45) is -4.43. The maximum atomic E-state index is 12.8. The smallest absolute Gasteiger partial charge is 0.475 e. The third kappa shape index (κ3) is 10.5. The first-order valence-corrected chi connectivity index (χ1v) is 12.6. The van der Waals surface area contributed by atoms with Gasteiger partial charge in [-0.3, -0.25) is 14.7 Å². The van der Waals surface area contributed by atoms with Gasteiger partial charge >= 0.3 is 24.3 Å². The highest BCUT2D eigenvalue weighted by molar-refractivity contribution is 5.95. The summed E-state index contributed by atoms with van der Waals surface area (Å²) in [5, 5.41) is 23.3. The van der Waals surface area contributed by atoms with E-state index in [9.17, 15) is 31.1 Å². The van der Waals surface area contributed by atoms with Gasteiger partial charge in [0.25, 0.3) is 5.91 Å². The average molecular weight is 619 g/mol. The third-order valence-electron chi connectivity index (χ3n) is 6.70. The fourth-order valence-electron chi connectivity index (χ4n) is 4.46. The molecular formula is C27H28F6N4O6. The topological polar surface area (TPSA) is 144 Å². The number of ether oxygens (including phenoxy) is 1. The number of carboxylic acids is 2. The Bertz CT molecular complexity index is 1270. The second-order valence-corrected chi connectivity index (χ2v) is 9.83. The van der Waals surface area contributed by atoms with Crippen molar-refractivity contribution in [3.05, 3.63) is 65.5 Å². The molecule has 2 fully saturated rings. The van der Waals surface area contributed by atoms with E-state index in [4.69, 9.17) is 29.8 Å². The molecule has 3 heterocycles. The predicted molar refractivity (Wildman–Crippen MR) is 136 cm³/mol. The minimum Gasteiger partial charge on any atom is -0.475 e. The molecule has 4 rings (SSSR count). The number of alkyl halides is 6. The van der Waals surface area contributed by atoms with E-state index in [1.54, 1.807) is 36.7 Å². The van der Waals surface area contributed by atoms with Crippen molar-refractivity contribution in [3.63, 3.8) is 0 Å². The predicted octanol–water partition coefficient (Wildman–Crippen LogP) is 3.97. The number of piperidine rings is 1. The summed E-state index contributed by atoms with van der Waals surface area (Å²) >= 11 is 0. The number of nitriles is 1. The molecule has 1 amide bonds. The number of likely N-dealkylation sites (tertiary alicyclic amines) is 2. The summed E-state index contributed by atoms with van der Waals surface area (Å²) in [5.41, 5.74) is 2.30. The lowest BCUT2D eigenvalue weighted by molar-refractivity contribution is -0.193. The Morgan fingerprint density at radius 2 is 1.60 bits per heavy atom. The zero-order chi connectivity index (χ0) is 32.4. The number of benzene rings is 1. The highest BCUT2D eigenvalue weighted by Gasteiger charge is 2.51. The van der Waals surface area contributed by atoms with Gasteiger partial charge in [0.05, 0.1) is 23.8 Å². The van der Waals surface area contributed by atoms with Crippen LogP contribution in [0.2, 0.25) is 0 Å². The Morgan fingerprint density at radius 3 is 2.12 bits per heavy atom. The van der Waals surface area contributed by atoms with Crippen molar-refractivity contribution in [2.45, 2.75) is 37.3 Å². The molecule has 2 aromatic rings. The number of carboxylic acid groups (broad SMARTS) is 2. The van der Waals surface area contributed by atoms with Gasteiger partial charge in [0.15, 0.2) is 0 Å². The second kappa shape index (κ2) is 14.8.